The number of rotatable bonds is 3. The van der Waals surface area contributed by atoms with Crippen LogP contribution in [0.1, 0.15) is 43.7 Å². The Bertz CT molecular complexity index is 476. The highest BCUT2D eigenvalue weighted by molar-refractivity contribution is 5.99. The van der Waals surface area contributed by atoms with Crippen molar-refractivity contribution in [3.8, 4) is 0 Å². The number of imide groups is 1. The molecular weight excluding hydrogens is 238 g/mol. The fourth-order valence-corrected chi connectivity index (χ4v) is 2.75. The number of amides is 2. The van der Waals surface area contributed by atoms with Crippen LogP contribution in [0.15, 0.2) is 24.3 Å². The molecule has 2 rings (SSSR count). The van der Waals surface area contributed by atoms with Gasteiger partial charge in [0.05, 0.1) is 0 Å². The van der Waals surface area contributed by atoms with Crippen molar-refractivity contribution in [2.75, 3.05) is 0 Å². The van der Waals surface area contributed by atoms with Gasteiger partial charge in [-0.25, -0.2) is 0 Å². The second-order valence-corrected chi connectivity index (χ2v) is 5.87. The molecule has 2 unspecified atom stereocenters. The van der Waals surface area contributed by atoms with E-state index in [0.717, 1.165) is 12.0 Å². The standard InChI is InChI=1S/C16H21NO2/c1-10(2)8-14-13(9-15(18)17-16(14)19)12-6-4-11(3)5-7-12/h4-7,10,13-14H,8-9H2,1-3H3,(H,17,18,19). The molecule has 0 aliphatic carbocycles. The Labute approximate surface area is 114 Å². The highest BCUT2D eigenvalue weighted by atomic mass is 16.2. The van der Waals surface area contributed by atoms with Crippen LogP contribution in [0.3, 0.4) is 0 Å². The van der Waals surface area contributed by atoms with E-state index in [1.165, 1.54) is 5.56 Å². The molecule has 1 aromatic carbocycles. The van der Waals surface area contributed by atoms with E-state index in [-0.39, 0.29) is 23.7 Å². The van der Waals surface area contributed by atoms with Crippen molar-refractivity contribution in [2.45, 2.75) is 39.5 Å². The molecule has 1 aliphatic heterocycles. The van der Waals surface area contributed by atoms with Gasteiger partial charge in [0.1, 0.15) is 0 Å². The third-order valence-electron chi connectivity index (χ3n) is 3.72. The predicted molar refractivity (Wildman–Crippen MR) is 74.6 cm³/mol. The minimum absolute atomic E-state index is 0.0178. The zero-order valence-corrected chi connectivity index (χ0v) is 11.8. The van der Waals surface area contributed by atoms with E-state index in [0.29, 0.717) is 12.3 Å². The largest absolute Gasteiger partial charge is 0.296 e. The Morgan fingerprint density at radius 3 is 2.42 bits per heavy atom. The molecule has 3 nitrogen and oxygen atoms in total. The van der Waals surface area contributed by atoms with Gasteiger partial charge in [0.2, 0.25) is 11.8 Å². The lowest BCUT2D eigenvalue weighted by Crippen LogP contribution is -2.45. The second kappa shape index (κ2) is 5.55. The van der Waals surface area contributed by atoms with Crippen LogP contribution in [-0.4, -0.2) is 11.8 Å². The number of aryl methyl sites for hydroxylation is 1. The molecule has 1 aliphatic rings. The third-order valence-corrected chi connectivity index (χ3v) is 3.72. The highest BCUT2D eigenvalue weighted by Crippen LogP contribution is 2.35. The quantitative estimate of drug-likeness (QED) is 0.848. The van der Waals surface area contributed by atoms with E-state index in [1.54, 1.807) is 0 Å². The summed E-state index contributed by atoms with van der Waals surface area (Å²) in [6, 6.07) is 8.16. The fraction of sp³-hybridized carbons (Fsp3) is 0.500. The topological polar surface area (TPSA) is 46.2 Å². The number of benzene rings is 1. The van der Waals surface area contributed by atoms with Crippen LogP contribution in [0, 0.1) is 18.8 Å². The molecule has 0 aromatic heterocycles. The minimum Gasteiger partial charge on any atom is -0.296 e. The van der Waals surface area contributed by atoms with Gasteiger partial charge in [-0.1, -0.05) is 43.7 Å². The Morgan fingerprint density at radius 1 is 1.21 bits per heavy atom. The first-order valence-electron chi connectivity index (χ1n) is 6.87. The lowest BCUT2D eigenvalue weighted by Gasteiger charge is -2.31. The summed E-state index contributed by atoms with van der Waals surface area (Å²) in [6.07, 6.45) is 1.23. The summed E-state index contributed by atoms with van der Waals surface area (Å²) in [7, 11) is 0. The minimum atomic E-state index is -0.157. The normalized spacial score (nSPS) is 23.6. The lowest BCUT2D eigenvalue weighted by molar-refractivity contribution is -0.137. The summed E-state index contributed by atoms with van der Waals surface area (Å²) in [6.45, 7) is 6.25. The molecular formula is C16H21NO2. The number of nitrogens with one attached hydrogen (secondary N) is 1. The van der Waals surface area contributed by atoms with Crippen LogP contribution < -0.4 is 5.32 Å². The van der Waals surface area contributed by atoms with E-state index < -0.39 is 0 Å². The Kier molecular flexibility index (Phi) is 4.03. The van der Waals surface area contributed by atoms with Gasteiger partial charge in [-0.05, 0) is 24.8 Å². The summed E-state index contributed by atoms with van der Waals surface area (Å²) < 4.78 is 0. The van der Waals surface area contributed by atoms with Crippen molar-refractivity contribution >= 4 is 11.8 Å². The number of piperidine rings is 1. The van der Waals surface area contributed by atoms with Crippen LogP contribution in [0.5, 0.6) is 0 Å². The first kappa shape index (κ1) is 13.8. The fourth-order valence-electron chi connectivity index (χ4n) is 2.75. The van der Waals surface area contributed by atoms with Gasteiger partial charge in [-0.15, -0.1) is 0 Å². The summed E-state index contributed by atoms with van der Waals surface area (Å²) >= 11 is 0. The highest BCUT2D eigenvalue weighted by Gasteiger charge is 2.36. The van der Waals surface area contributed by atoms with Crippen LogP contribution in [0.25, 0.3) is 0 Å². The number of carbonyl (C=O) groups excluding carboxylic acids is 2. The lowest BCUT2D eigenvalue weighted by atomic mass is 9.76. The van der Waals surface area contributed by atoms with Crippen molar-refractivity contribution < 1.29 is 9.59 Å². The van der Waals surface area contributed by atoms with E-state index >= 15 is 0 Å². The molecule has 1 saturated heterocycles. The molecule has 1 aromatic rings. The Hall–Kier alpha value is -1.64. The Balaban J connectivity index is 2.29. The van der Waals surface area contributed by atoms with Crippen molar-refractivity contribution in [3.05, 3.63) is 35.4 Å². The van der Waals surface area contributed by atoms with Gasteiger partial charge >= 0.3 is 0 Å². The van der Waals surface area contributed by atoms with Gasteiger partial charge in [-0.3, -0.25) is 14.9 Å². The summed E-state index contributed by atoms with van der Waals surface area (Å²) in [5.41, 5.74) is 2.29. The second-order valence-electron chi connectivity index (χ2n) is 5.87. The number of hydrogen-bond donors (Lipinski definition) is 1. The van der Waals surface area contributed by atoms with Crippen molar-refractivity contribution in [2.24, 2.45) is 11.8 Å². The monoisotopic (exact) mass is 259 g/mol. The molecule has 102 valence electrons. The molecule has 1 N–H and O–H groups in total. The summed E-state index contributed by atoms with van der Waals surface area (Å²) in [5, 5.41) is 2.47. The first-order chi connectivity index (χ1) is 8.97. The molecule has 19 heavy (non-hydrogen) atoms. The van der Waals surface area contributed by atoms with Gasteiger partial charge < -0.3 is 0 Å². The van der Waals surface area contributed by atoms with Crippen LogP contribution in [-0.2, 0) is 9.59 Å². The zero-order valence-electron chi connectivity index (χ0n) is 11.8. The molecule has 0 spiro atoms. The molecule has 2 atom stereocenters. The molecule has 0 radical (unpaired) electrons. The smallest absolute Gasteiger partial charge is 0.230 e. The molecule has 0 saturated carbocycles. The first-order valence-corrected chi connectivity index (χ1v) is 6.87. The van der Waals surface area contributed by atoms with Crippen molar-refractivity contribution in [1.82, 2.24) is 5.32 Å². The molecule has 0 bridgehead atoms. The average molecular weight is 259 g/mol. The number of hydrogen-bond acceptors (Lipinski definition) is 2. The van der Waals surface area contributed by atoms with Crippen LogP contribution >= 0.6 is 0 Å². The maximum absolute atomic E-state index is 12.1. The van der Waals surface area contributed by atoms with Gasteiger partial charge in [0, 0.05) is 18.3 Å². The molecule has 1 fully saturated rings. The third kappa shape index (κ3) is 3.22. The van der Waals surface area contributed by atoms with Gasteiger partial charge in [-0.2, -0.15) is 0 Å². The molecule has 3 heteroatoms. The SMILES string of the molecule is Cc1ccc(C2CC(=O)NC(=O)C2CC(C)C)cc1. The predicted octanol–water partition coefficient (Wildman–Crippen LogP) is 2.79. The van der Waals surface area contributed by atoms with Gasteiger partial charge in [0.15, 0.2) is 0 Å². The van der Waals surface area contributed by atoms with E-state index in [2.05, 4.69) is 19.2 Å². The Morgan fingerprint density at radius 2 is 1.84 bits per heavy atom. The van der Waals surface area contributed by atoms with Gasteiger partial charge in [0.25, 0.3) is 0 Å². The van der Waals surface area contributed by atoms with E-state index in [4.69, 9.17) is 0 Å². The summed E-state index contributed by atoms with van der Waals surface area (Å²) in [4.78, 5) is 23.7. The molecule has 1 heterocycles. The summed E-state index contributed by atoms with van der Waals surface area (Å²) in [5.74, 6) is 0.0904. The zero-order chi connectivity index (χ0) is 14.0. The maximum atomic E-state index is 12.1. The van der Waals surface area contributed by atoms with E-state index in [1.807, 2.05) is 31.2 Å². The van der Waals surface area contributed by atoms with Crippen LogP contribution in [0.2, 0.25) is 0 Å². The number of carbonyl (C=O) groups is 2. The van der Waals surface area contributed by atoms with E-state index in [9.17, 15) is 9.59 Å². The average Bonchev–Trinajstić information content (AvgIpc) is 2.33. The van der Waals surface area contributed by atoms with Crippen LogP contribution in [0.4, 0.5) is 0 Å². The van der Waals surface area contributed by atoms with Crippen molar-refractivity contribution in [1.29, 1.82) is 0 Å². The molecule has 2 amide bonds. The van der Waals surface area contributed by atoms with Crippen molar-refractivity contribution in [3.63, 3.8) is 0 Å². The maximum Gasteiger partial charge on any atom is 0.230 e.